The van der Waals surface area contributed by atoms with Crippen LogP contribution in [0.15, 0.2) is 84.9 Å². The third kappa shape index (κ3) is 4.20. The van der Waals surface area contributed by atoms with Crippen LogP contribution in [0.3, 0.4) is 0 Å². The number of aromatic amines is 1. The summed E-state index contributed by atoms with van der Waals surface area (Å²) >= 11 is 0. The Kier molecular flexibility index (Phi) is 5.35. The van der Waals surface area contributed by atoms with Gasteiger partial charge >= 0.3 is 6.36 Å². The van der Waals surface area contributed by atoms with Gasteiger partial charge in [-0.05, 0) is 48.5 Å². The lowest BCUT2D eigenvalue weighted by atomic mass is 9.83. The maximum Gasteiger partial charge on any atom is 0.573 e. The minimum Gasteiger partial charge on any atom is -0.406 e. The van der Waals surface area contributed by atoms with Crippen LogP contribution in [-0.2, 0) is 0 Å². The topological polar surface area (TPSA) is 72.0 Å². The smallest absolute Gasteiger partial charge is 0.406 e. The number of hydrogen-bond acceptors (Lipinski definition) is 4. The predicted octanol–water partition coefficient (Wildman–Crippen LogP) is 6.30. The Morgan fingerprint density at radius 1 is 0.711 bits per heavy atom. The molecule has 0 spiro atoms. The number of imidazole rings is 1. The Bertz CT molecular complexity index is 1810. The summed E-state index contributed by atoms with van der Waals surface area (Å²) in [4.78, 5) is 34.1. The van der Waals surface area contributed by atoms with Crippen LogP contribution in [0.25, 0.3) is 22.4 Å². The van der Waals surface area contributed by atoms with Crippen molar-refractivity contribution in [3.05, 3.63) is 118 Å². The van der Waals surface area contributed by atoms with Gasteiger partial charge in [0.1, 0.15) is 17.1 Å². The van der Waals surface area contributed by atoms with E-state index < -0.39 is 6.36 Å². The SMILES string of the molecule is O=C1c2ccccc2C(=O)c2c1ccc1[nH]c(-c3ccc(C#Cc4ccc(OC(F)(F)F)cc4)cc3)nc21. The predicted molar refractivity (Wildman–Crippen MR) is 134 cm³/mol. The molecule has 0 amide bonds. The number of H-pyrrole nitrogens is 1. The number of benzene rings is 4. The van der Waals surface area contributed by atoms with Crippen LogP contribution >= 0.6 is 0 Å². The standard InChI is InChI=1S/C30H15F3N2O3/c31-30(32,33)38-20-13-9-18(10-14-20)6-5-17-7-11-19(12-8-17)29-34-24-16-15-23-25(26(24)35-29)28(37)22-4-2-1-3-21(22)27(23)36/h1-4,7-16H,(H,34,35). The molecule has 0 saturated carbocycles. The summed E-state index contributed by atoms with van der Waals surface area (Å²) in [5.41, 5.74) is 4.44. The summed E-state index contributed by atoms with van der Waals surface area (Å²) in [6.07, 6.45) is -4.74. The summed E-state index contributed by atoms with van der Waals surface area (Å²) in [6, 6.07) is 22.7. The number of fused-ring (bicyclic) bond motifs is 4. The number of ether oxygens (including phenoxy) is 1. The second-order valence-corrected chi connectivity index (χ2v) is 8.57. The van der Waals surface area contributed by atoms with Crippen molar-refractivity contribution >= 4 is 22.6 Å². The Hall–Kier alpha value is -5.16. The third-order valence-corrected chi connectivity index (χ3v) is 6.14. The van der Waals surface area contributed by atoms with E-state index in [-0.39, 0.29) is 17.3 Å². The number of nitrogens with one attached hydrogen (secondary N) is 1. The highest BCUT2D eigenvalue weighted by atomic mass is 19.4. The van der Waals surface area contributed by atoms with Gasteiger partial charge in [-0.2, -0.15) is 0 Å². The molecule has 1 heterocycles. The van der Waals surface area contributed by atoms with Crippen molar-refractivity contribution in [2.75, 3.05) is 0 Å². The van der Waals surface area contributed by atoms with Gasteiger partial charge in [-0.3, -0.25) is 9.59 Å². The fraction of sp³-hybridized carbons (Fsp3) is 0.0333. The molecule has 4 aromatic carbocycles. The van der Waals surface area contributed by atoms with Gasteiger partial charge in [0.25, 0.3) is 0 Å². The highest BCUT2D eigenvalue weighted by Gasteiger charge is 2.32. The molecule has 0 bridgehead atoms. The highest BCUT2D eigenvalue weighted by molar-refractivity contribution is 6.31. The minimum atomic E-state index is -4.74. The molecule has 38 heavy (non-hydrogen) atoms. The second kappa shape index (κ2) is 8.75. The Morgan fingerprint density at radius 3 is 1.95 bits per heavy atom. The number of carbonyl (C=O) groups excluding carboxylic acids is 2. The van der Waals surface area contributed by atoms with Gasteiger partial charge in [-0.25, -0.2) is 4.98 Å². The summed E-state index contributed by atoms with van der Waals surface area (Å²) < 4.78 is 40.8. The number of nitrogens with zero attached hydrogens (tertiary/aromatic N) is 1. The van der Waals surface area contributed by atoms with Crippen molar-refractivity contribution in [2.45, 2.75) is 6.36 Å². The molecule has 0 atom stereocenters. The average Bonchev–Trinajstić information content (AvgIpc) is 3.35. The highest BCUT2D eigenvalue weighted by Crippen LogP contribution is 2.33. The van der Waals surface area contributed by atoms with E-state index in [2.05, 4.69) is 26.5 Å². The molecule has 1 aliphatic carbocycles. The fourth-order valence-corrected chi connectivity index (χ4v) is 4.39. The van der Waals surface area contributed by atoms with E-state index in [1.54, 1.807) is 48.5 Å². The molecular formula is C30H15F3N2O3. The number of halogens is 3. The van der Waals surface area contributed by atoms with Crippen LogP contribution in [0.2, 0.25) is 0 Å². The molecule has 0 saturated heterocycles. The zero-order chi connectivity index (χ0) is 26.4. The number of rotatable bonds is 2. The largest absolute Gasteiger partial charge is 0.573 e. The Labute approximate surface area is 213 Å². The van der Waals surface area contributed by atoms with Gasteiger partial charge in [0.2, 0.25) is 0 Å². The first-order valence-corrected chi connectivity index (χ1v) is 11.5. The number of carbonyl (C=O) groups is 2. The monoisotopic (exact) mass is 508 g/mol. The lowest BCUT2D eigenvalue weighted by molar-refractivity contribution is -0.274. The van der Waals surface area contributed by atoms with Gasteiger partial charge in [-0.1, -0.05) is 48.2 Å². The van der Waals surface area contributed by atoms with Crippen molar-refractivity contribution in [2.24, 2.45) is 0 Å². The maximum atomic E-state index is 13.2. The average molecular weight is 508 g/mol. The first-order chi connectivity index (χ1) is 18.3. The first-order valence-electron chi connectivity index (χ1n) is 11.5. The van der Waals surface area contributed by atoms with Crippen molar-refractivity contribution in [1.82, 2.24) is 9.97 Å². The molecule has 5 nitrogen and oxygen atoms in total. The number of aromatic nitrogens is 2. The molecule has 184 valence electrons. The van der Waals surface area contributed by atoms with Crippen LogP contribution in [0.1, 0.15) is 43.0 Å². The quantitative estimate of drug-likeness (QED) is 0.279. The van der Waals surface area contributed by atoms with Crippen LogP contribution in [0, 0.1) is 11.8 Å². The number of ketones is 2. The summed E-state index contributed by atoms with van der Waals surface area (Å²) in [5, 5.41) is 0. The van der Waals surface area contributed by atoms with Crippen molar-refractivity contribution in [3.8, 4) is 29.0 Å². The molecule has 0 unspecified atom stereocenters. The lowest BCUT2D eigenvalue weighted by Gasteiger charge is -2.17. The second-order valence-electron chi connectivity index (χ2n) is 8.57. The van der Waals surface area contributed by atoms with E-state index in [1.165, 1.54) is 24.3 Å². The molecule has 8 heteroatoms. The third-order valence-electron chi connectivity index (χ3n) is 6.14. The van der Waals surface area contributed by atoms with Gasteiger partial charge in [0.15, 0.2) is 11.6 Å². The van der Waals surface area contributed by atoms with Crippen LogP contribution in [-0.4, -0.2) is 27.9 Å². The van der Waals surface area contributed by atoms with E-state index in [0.29, 0.717) is 50.2 Å². The van der Waals surface area contributed by atoms with Crippen LogP contribution in [0.4, 0.5) is 13.2 Å². The zero-order valence-corrected chi connectivity index (χ0v) is 19.4. The fourth-order valence-electron chi connectivity index (χ4n) is 4.39. The van der Waals surface area contributed by atoms with Gasteiger partial charge < -0.3 is 9.72 Å². The number of alkyl halides is 3. The van der Waals surface area contributed by atoms with Gasteiger partial charge in [0.05, 0.1) is 11.1 Å². The van der Waals surface area contributed by atoms with Gasteiger partial charge in [-0.15, -0.1) is 13.2 Å². The minimum absolute atomic E-state index is 0.202. The van der Waals surface area contributed by atoms with Crippen molar-refractivity contribution in [1.29, 1.82) is 0 Å². The summed E-state index contributed by atoms with van der Waals surface area (Å²) in [7, 11) is 0. The molecule has 6 rings (SSSR count). The molecular weight excluding hydrogens is 493 g/mol. The van der Waals surface area contributed by atoms with Crippen LogP contribution < -0.4 is 4.74 Å². The van der Waals surface area contributed by atoms with E-state index in [1.807, 2.05) is 12.1 Å². The molecule has 0 aliphatic heterocycles. The molecule has 1 aliphatic rings. The molecule has 1 N–H and O–H groups in total. The van der Waals surface area contributed by atoms with Gasteiger partial charge in [0, 0.05) is 33.4 Å². The normalized spacial score (nSPS) is 12.5. The summed E-state index contributed by atoms with van der Waals surface area (Å²) in [6.45, 7) is 0. The Morgan fingerprint density at radius 2 is 1.32 bits per heavy atom. The van der Waals surface area contributed by atoms with E-state index in [4.69, 9.17) is 0 Å². The van der Waals surface area contributed by atoms with Crippen LogP contribution in [0.5, 0.6) is 5.75 Å². The summed E-state index contributed by atoms with van der Waals surface area (Å²) in [5.74, 6) is 5.66. The van der Waals surface area contributed by atoms with Crippen molar-refractivity contribution in [3.63, 3.8) is 0 Å². The molecule has 1 aromatic heterocycles. The molecule has 5 aromatic rings. The van der Waals surface area contributed by atoms with E-state index in [0.717, 1.165) is 5.56 Å². The number of hydrogen-bond donors (Lipinski definition) is 1. The molecule has 0 fully saturated rings. The molecule has 0 radical (unpaired) electrons. The van der Waals surface area contributed by atoms with Crippen molar-refractivity contribution < 1.29 is 27.5 Å². The van der Waals surface area contributed by atoms with E-state index in [9.17, 15) is 22.8 Å². The zero-order valence-electron chi connectivity index (χ0n) is 19.4. The lowest BCUT2D eigenvalue weighted by Crippen LogP contribution is -2.21. The first kappa shape index (κ1) is 23.3. The Balaban J connectivity index is 1.27. The maximum absolute atomic E-state index is 13.2. The van der Waals surface area contributed by atoms with E-state index >= 15 is 0 Å².